The Kier molecular flexibility index (Phi) is 5.42. The van der Waals surface area contributed by atoms with Crippen LogP contribution < -0.4 is 0 Å². The van der Waals surface area contributed by atoms with Crippen molar-refractivity contribution in [3.8, 4) is 0 Å². The highest BCUT2D eigenvalue weighted by Gasteiger charge is 2.45. The zero-order valence-electron chi connectivity index (χ0n) is 14.9. The molecule has 0 bridgehead atoms. The Bertz CT molecular complexity index is 756. The van der Waals surface area contributed by atoms with Crippen LogP contribution in [0.3, 0.4) is 0 Å². The predicted octanol–water partition coefficient (Wildman–Crippen LogP) is 6.04. The summed E-state index contributed by atoms with van der Waals surface area (Å²) in [5, 5.41) is 0.427. The average Bonchev–Trinajstić information content (AvgIpc) is 3.26. The number of rotatable bonds is 6. The van der Waals surface area contributed by atoms with Crippen molar-refractivity contribution in [2.75, 3.05) is 5.75 Å². The third-order valence-electron chi connectivity index (χ3n) is 5.10. The Hall–Kier alpha value is -2.03. The molecule has 1 saturated heterocycles. The number of benzene rings is 3. The van der Waals surface area contributed by atoms with Crippen molar-refractivity contribution in [2.45, 2.75) is 30.3 Å². The molecule has 3 aromatic rings. The van der Waals surface area contributed by atoms with Gasteiger partial charge in [0, 0.05) is 5.25 Å². The highest BCUT2D eigenvalue weighted by molar-refractivity contribution is 8.00. The predicted molar refractivity (Wildman–Crippen MR) is 110 cm³/mol. The molecule has 1 unspecified atom stereocenters. The molecule has 0 amide bonds. The summed E-state index contributed by atoms with van der Waals surface area (Å²) in [6.07, 6.45) is 2.44. The maximum absolute atomic E-state index is 6.85. The van der Waals surface area contributed by atoms with Crippen molar-refractivity contribution in [1.29, 1.82) is 0 Å². The summed E-state index contributed by atoms with van der Waals surface area (Å²) in [6, 6.07) is 32.0. The Labute approximate surface area is 160 Å². The van der Waals surface area contributed by atoms with Crippen LogP contribution in [-0.2, 0) is 16.9 Å². The molecule has 0 spiro atoms. The van der Waals surface area contributed by atoms with Crippen molar-refractivity contribution in [1.82, 2.24) is 0 Å². The molecule has 26 heavy (non-hydrogen) atoms. The van der Waals surface area contributed by atoms with Gasteiger partial charge in [-0.3, -0.25) is 0 Å². The molecular formula is C24H24OS. The van der Waals surface area contributed by atoms with Crippen LogP contribution in [0.1, 0.15) is 29.5 Å². The summed E-state index contributed by atoms with van der Waals surface area (Å²) >= 11 is 2.05. The van der Waals surface area contributed by atoms with Gasteiger partial charge in [0.05, 0.1) is 6.61 Å². The van der Waals surface area contributed by atoms with Gasteiger partial charge < -0.3 is 4.74 Å². The van der Waals surface area contributed by atoms with E-state index in [1.54, 1.807) is 0 Å². The molecule has 1 fully saturated rings. The van der Waals surface area contributed by atoms with E-state index in [0.717, 1.165) is 0 Å². The molecule has 0 N–H and O–H groups in total. The minimum absolute atomic E-state index is 0.417. The number of ether oxygens (including phenoxy) is 1. The lowest BCUT2D eigenvalue weighted by molar-refractivity contribution is -0.0323. The second-order valence-corrected chi connectivity index (χ2v) is 8.05. The molecule has 0 radical (unpaired) electrons. The molecule has 132 valence electrons. The zero-order valence-corrected chi connectivity index (χ0v) is 15.7. The van der Waals surface area contributed by atoms with Crippen LogP contribution in [0.5, 0.6) is 0 Å². The summed E-state index contributed by atoms with van der Waals surface area (Å²) in [4.78, 5) is 0. The Morgan fingerprint density at radius 3 is 1.81 bits per heavy atom. The fourth-order valence-electron chi connectivity index (χ4n) is 3.84. The van der Waals surface area contributed by atoms with Crippen LogP contribution in [0.4, 0.5) is 0 Å². The van der Waals surface area contributed by atoms with Gasteiger partial charge in [-0.15, -0.1) is 0 Å². The average molecular weight is 361 g/mol. The second-order valence-electron chi connectivity index (χ2n) is 6.74. The van der Waals surface area contributed by atoms with E-state index >= 15 is 0 Å². The molecule has 3 aromatic carbocycles. The molecule has 1 aliphatic heterocycles. The summed E-state index contributed by atoms with van der Waals surface area (Å²) in [5.74, 6) is 1.21. The van der Waals surface area contributed by atoms with Gasteiger partial charge in [0.2, 0.25) is 0 Å². The van der Waals surface area contributed by atoms with Crippen LogP contribution in [0, 0.1) is 0 Å². The molecule has 1 nitrogen and oxygen atoms in total. The topological polar surface area (TPSA) is 9.23 Å². The van der Waals surface area contributed by atoms with Gasteiger partial charge in [-0.05, 0) is 35.3 Å². The Balaban J connectivity index is 1.80. The van der Waals surface area contributed by atoms with E-state index < -0.39 is 5.60 Å². The molecule has 1 heterocycles. The van der Waals surface area contributed by atoms with Crippen LogP contribution in [0.2, 0.25) is 0 Å². The number of thioether (sulfide) groups is 1. The third-order valence-corrected chi connectivity index (χ3v) is 6.59. The molecule has 1 atom stereocenters. The largest absolute Gasteiger partial charge is 0.360 e. The first-order valence-corrected chi connectivity index (χ1v) is 10.3. The summed E-state index contributed by atoms with van der Waals surface area (Å²) in [6.45, 7) is 0.613. The van der Waals surface area contributed by atoms with Crippen molar-refractivity contribution in [3.63, 3.8) is 0 Å². The van der Waals surface area contributed by atoms with E-state index in [1.165, 1.54) is 35.3 Å². The Morgan fingerprint density at radius 1 is 0.769 bits per heavy atom. The first kappa shape index (κ1) is 17.4. The minimum atomic E-state index is -0.417. The van der Waals surface area contributed by atoms with Gasteiger partial charge in [0.1, 0.15) is 5.60 Å². The lowest BCUT2D eigenvalue weighted by Gasteiger charge is -2.40. The molecular weight excluding hydrogens is 336 g/mol. The van der Waals surface area contributed by atoms with Crippen molar-refractivity contribution in [2.24, 2.45) is 0 Å². The van der Waals surface area contributed by atoms with E-state index in [-0.39, 0.29) is 0 Å². The van der Waals surface area contributed by atoms with Crippen LogP contribution in [0.15, 0.2) is 91.0 Å². The monoisotopic (exact) mass is 360 g/mol. The lowest BCUT2D eigenvalue weighted by atomic mass is 9.81. The maximum Gasteiger partial charge on any atom is 0.130 e. The normalized spacial score (nSPS) is 17.3. The van der Waals surface area contributed by atoms with Gasteiger partial charge in [-0.1, -0.05) is 91.0 Å². The van der Waals surface area contributed by atoms with E-state index in [2.05, 4.69) is 91.0 Å². The fraction of sp³-hybridized carbons (Fsp3) is 0.250. The maximum atomic E-state index is 6.85. The standard InChI is InChI=1S/C24H24OS/c1-4-11-20(12-5-1)19-25-24(23-17-10-18-26-23,21-13-6-2-7-14-21)22-15-8-3-9-16-22/h1-9,11-16,23H,10,17-19H2. The van der Waals surface area contributed by atoms with Crippen molar-refractivity contribution in [3.05, 3.63) is 108 Å². The van der Waals surface area contributed by atoms with Gasteiger partial charge in [-0.25, -0.2) is 0 Å². The number of hydrogen-bond donors (Lipinski definition) is 0. The summed E-state index contributed by atoms with van der Waals surface area (Å²) in [7, 11) is 0. The second kappa shape index (κ2) is 8.11. The highest BCUT2D eigenvalue weighted by atomic mass is 32.2. The first-order chi connectivity index (χ1) is 12.9. The van der Waals surface area contributed by atoms with E-state index in [4.69, 9.17) is 4.74 Å². The van der Waals surface area contributed by atoms with Gasteiger partial charge in [0.25, 0.3) is 0 Å². The fourth-order valence-corrected chi connectivity index (χ4v) is 5.37. The molecule has 0 saturated carbocycles. The molecule has 2 heteroatoms. The first-order valence-electron chi connectivity index (χ1n) is 9.30. The van der Waals surface area contributed by atoms with Crippen LogP contribution >= 0.6 is 11.8 Å². The molecule has 0 aromatic heterocycles. The molecule has 1 aliphatic rings. The van der Waals surface area contributed by atoms with Gasteiger partial charge >= 0.3 is 0 Å². The Morgan fingerprint density at radius 2 is 1.31 bits per heavy atom. The van der Waals surface area contributed by atoms with Gasteiger partial charge in [0.15, 0.2) is 0 Å². The van der Waals surface area contributed by atoms with E-state index in [0.29, 0.717) is 11.9 Å². The quantitative estimate of drug-likeness (QED) is 0.530. The summed E-state index contributed by atoms with van der Waals surface area (Å²) < 4.78 is 6.85. The van der Waals surface area contributed by atoms with Crippen molar-refractivity contribution >= 4 is 11.8 Å². The van der Waals surface area contributed by atoms with Gasteiger partial charge in [-0.2, -0.15) is 11.8 Å². The van der Waals surface area contributed by atoms with E-state index in [1.807, 2.05) is 11.8 Å². The highest BCUT2D eigenvalue weighted by Crippen LogP contribution is 2.47. The smallest absolute Gasteiger partial charge is 0.130 e. The third kappa shape index (κ3) is 3.44. The summed E-state index contributed by atoms with van der Waals surface area (Å²) in [5.41, 5.74) is 3.30. The van der Waals surface area contributed by atoms with Crippen LogP contribution in [0.25, 0.3) is 0 Å². The van der Waals surface area contributed by atoms with E-state index in [9.17, 15) is 0 Å². The zero-order chi connectivity index (χ0) is 17.7. The molecule has 4 rings (SSSR count). The minimum Gasteiger partial charge on any atom is -0.360 e. The van der Waals surface area contributed by atoms with Crippen molar-refractivity contribution < 1.29 is 4.74 Å². The number of hydrogen-bond acceptors (Lipinski definition) is 2. The molecule has 0 aliphatic carbocycles. The SMILES string of the molecule is c1ccc(COC(c2ccccc2)(c2ccccc2)C2CCCS2)cc1. The lowest BCUT2D eigenvalue weighted by Crippen LogP contribution is -2.40. The van der Waals surface area contributed by atoms with Crippen LogP contribution in [-0.4, -0.2) is 11.0 Å².